The van der Waals surface area contributed by atoms with E-state index in [0.717, 1.165) is 10.5 Å². The molecule has 0 saturated carbocycles. The van der Waals surface area contributed by atoms with Gasteiger partial charge < -0.3 is 9.47 Å². The van der Waals surface area contributed by atoms with Gasteiger partial charge in [-0.1, -0.05) is 0 Å². The molecule has 1 aromatic rings. The van der Waals surface area contributed by atoms with Crippen LogP contribution in [-0.4, -0.2) is 23.7 Å². The maximum atomic E-state index is 11.5. The van der Waals surface area contributed by atoms with Crippen LogP contribution in [0.4, 0.5) is 0 Å². The summed E-state index contributed by atoms with van der Waals surface area (Å²) in [5.41, 5.74) is 0.953. The third-order valence-corrected chi connectivity index (χ3v) is 3.19. The summed E-state index contributed by atoms with van der Waals surface area (Å²) in [7, 11) is 0.590. The summed E-state index contributed by atoms with van der Waals surface area (Å²) in [6.07, 6.45) is 1.73. The van der Waals surface area contributed by atoms with Crippen LogP contribution >= 0.6 is 0 Å². The first-order valence-electron chi connectivity index (χ1n) is 5.14. The van der Waals surface area contributed by atoms with Crippen LogP contribution in [-0.2, 0) is 10.8 Å². The highest BCUT2D eigenvalue weighted by Crippen LogP contribution is 2.32. The van der Waals surface area contributed by atoms with Crippen LogP contribution < -0.4 is 9.47 Å². The molecule has 0 spiro atoms. The Hall–Kier alpha value is -1.03. The maximum Gasteiger partial charge on any atom is 0.162 e. The quantitative estimate of drug-likeness (QED) is 0.814. The van der Waals surface area contributed by atoms with E-state index in [1.165, 1.54) is 0 Å². The Morgan fingerprint density at radius 1 is 1.25 bits per heavy atom. The van der Waals surface area contributed by atoms with Gasteiger partial charge in [-0.25, -0.2) is 0 Å². The van der Waals surface area contributed by atoms with Crippen molar-refractivity contribution < 1.29 is 13.7 Å². The Bertz CT molecular complexity index is 399. The number of hydrogen-bond acceptors (Lipinski definition) is 3. The number of ether oxygens (including phenoxy) is 2. The average molecular weight is 242 g/mol. The van der Waals surface area contributed by atoms with Gasteiger partial charge in [-0.05, 0) is 32.4 Å². The van der Waals surface area contributed by atoms with Crippen LogP contribution in [0.5, 0.6) is 11.5 Å². The first kappa shape index (κ1) is 13.0. The van der Waals surface area contributed by atoms with Gasteiger partial charge in [-0.3, -0.25) is 4.21 Å². The number of methoxy groups -OCH3 is 1. The summed E-state index contributed by atoms with van der Waals surface area (Å²) in [5.74, 6) is 1.33. The summed E-state index contributed by atoms with van der Waals surface area (Å²) in [4.78, 5) is 0.788. The SMILES string of the molecule is COc1cc(C)c(S(C)=O)cc1OC(C)C. The highest BCUT2D eigenvalue weighted by Gasteiger charge is 2.12. The Kier molecular flexibility index (Phi) is 4.35. The van der Waals surface area contributed by atoms with Crippen molar-refractivity contribution in [3.8, 4) is 11.5 Å². The van der Waals surface area contributed by atoms with E-state index in [1.807, 2.05) is 26.8 Å². The topological polar surface area (TPSA) is 35.5 Å². The molecule has 0 aliphatic rings. The van der Waals surface area contributed by atoms with Crippen molar-refractivity contribution in [2.45, 2.75) is 31.8 Å². The van der Waals surface area contributed by atoms with E-state index in [1.54, 1.807) is 19.4 Å². The molecule has 1 unspecified atom stereocenters. The minimum atomic E-state index is -1.01. The molecule has 4 heteroatoms. The van der Waals surface area contributed by atoms with Gasteiger partial charge in [0, 0.05) is 17.2 Å². The lowest BCUT2D eigenvalue weighted by Crippen LogP contribution is -2.07. The summed E-state index contributed by atoms with van der Waals surface area (Å²) in [5, 5.41) is 0. The van der Waals surface area contributed by atoms with Crippen molar-refractivity contribution in [2.24, 2.45) is 0 Å². The molecule has 0 heterocycles. The molecule has 0 fully saturated rings. The van der Waals surface area contributed by atoms with Crippen LogP contribution in [0.25, 0.3) is 0 Å². The number of rotatable bonds is 4. The van der Waals surface area contributed by atoms with E-state index < -0.39 is 10.8 Å². The summed E-state index contributed by atoms with van der Waals surface area (Å²) < 4.78 is 22.4. The molecular formula is C12H18O3S. The molecule has 3 nitrogen and oxygen atoms in total. The van der Waals surface area contributed by atoms with Crippen LogP contribution in [0.3, 0.4) is 0 Å². The zero-order valence-electron chi connectivity index (χ0n) is 10.4. The van der Waals surface area contributed by atoms with Crippen molar-refractivity contribution >= 4 is 10.8 Å². The Morgan fingerprint density at radius 2 is 1.88 bits per heavy atom. The third kappa shape index (κ3) is 2.98. The maximum absolute atomic E-state index is 11.5. The highest BCUT2D eigenvalue weighted by atomic mass is 32.2. The largest absolute Gasteiger partial charge is 0.493 e. The van der Waals surface area contributed by atoms with Gasteiger partial charge in [-0.15, -0.1) is 0 Å². The van der Waals surface area contributed by atoms with Crippen LogP contribution in [0.15, 0.2) is 17.0 Å². The van der Waals surface area contributed by atoms with E-state index in [4.69, 9.17) is 9.47 Å². The molecule has 0 aliphatic carbocycles. The lowest BCUT2D eigenvalue weighted by Gasteiger charge is -2.15. The van der Waals surface area contributed by atoms with Crippen molar-refractivity contribution in [1.29, 1.82) is 0 Å². The lowest BCUT2D eigenvalue weighted by molar-refractivity contribution is 0.229. The van der Waals surface area contributed by atoms with Crippen molar-refractivity contribution in [3.05, 3.63) is 17.7 Å². The third-order valence-electron chi connectivity index (χ3n) is 2.13. The van der Waals surface area contributed by atoms with E-state index in [2.05, 4.69) is 0 Å². The van der Waals surface area contributed by atoms with Gasteiger partial charge in [-0.2, -0.15) is 0 Å². The Labute approximate surface area is 99.2 Å². The smallest absolute Gasteiger partial charge is 0.162 e. The van der Waals surface area contributed by atoms with Crippen molar-refractivity contribution in [3.63, 3.8) is 0 Å². The molecule has 1 rings (SSSR count). The van der Waals surface area contributed by atoms with Crippen molar-refractivity contribution in [2.75, 3.05) is 13.4 Å². The van der Waals surface area contributed by atoms with Gasteiger partial charge in [0.25, 0.3) is 0 Å². The second-order valence-corrected chi connectivity index (χ2v) is 5.24. The highest BCUT2D eigenvalue weighted by molar-refractivity contribution is 7.84. The standard InChI is InChI=1S/C12H18O3S/c1-8(2)15-11-7-12(16(5)13)9(3)6-10(11)14-4/h6-8H,1-5H3. The van der Waals surface area contributed by atoms with Gasteiger partial charge in [0.1, 0.15) is 0 Å². The van der Waals surface area contributed by atoms with Gasteiger partial charge >= 0.3 is 0 Å². The number of benzene rings is 1. The van der Waals surface area contributed by atoms with Crippen molar-refractivity contribution in [1.82, 2.24) is 0 Å². The van der Waals surface area contributed by atoms with Gasteiger partial charge in [0.05, 0.1) is 24.0 Å². The molecule has 0 saturated heterocycles. The predicted octanol–water partition coefficient (Wildman–Crippen LogP) is 2.53. The molecule has 90 valence electrons. The fourth-order valence-electron chi connectivity index (χ4n) is 1.46. The molecule has 0 bridgehead atoms. The van der Waals surface area contributed by atoms with Gasteiger partial charge in [0.2, 0.25) is 0 Å². The minimum absolute atomic E-state index is 0.0646. The second kappa shape index (κ2) is 5.34. The van der Waals surface area contributed by atoms with E-state index in [9.17, 15) is 4.21 Å². The summed E-state index contributed by atoms with van der Waals surface area (Å²) in [6, 6.07) is 3.65. The van der Waals surface area contributed by atoms with E-state index >= 15 is 0 Å². The molecule has 0 aliphatic heterocycles. The Balaban J connectivity index is 3.23. The zero-order chi connectivity index (χ0) is 12.3. The molecule has 0 aromatic heterocycles. The molecule has 1 aromatic carbocycles. The first-order chi connectivity index (χ1) is 7.45. The lowest BCUT2D eigenvalue weighted by atomic mass is 10.2. The average Bonchev–Trinajstić information content (AvgIpc) is 2.18. The fraction of sp³-hybridized carbons (Fsp3) is 0.500. The first-order valence-corrected chi connectivity index (χ1v) is 6.70. The van der Waals surface area contributed by atoms with Crippen LogP contribution in [0, 0.1) is 6.92 Å². The molecule has 0 amide bonds. The molecule has 1 atom stereocenters. The van der Waals surface area contributed by atoms with E-state index in [-0.39, 0.29) is 6.10 Å². The number of aryl methyl sites for hydroxylation is 1. The second-order valence-electron chi connectivity index (χ2n) is 3.89. The fourth-order valence-corrected chi connectivity index (χ4v) is 2.24. The summed E-state index contributed by atoms with van der Waals surface area (Å²) >= 11 is 0. The Morgan fingerprint density at radius 3 is 2.31 bits per heavy atom. The number of hydrogen-bond donors (Lipinski definition) is 0. The predicted molar refractivity (Wildman–Crippen MR) is 65.8 cm³/mol. The van der Waals surface area contributed by atoms with E-state index in [0.29, 0.717) is 11.5 Å². The summed E-state index contributed by atoms with van der Waals surface area (Å²) in [6.45, 7) is 5.81. The van der Waals surface area contributed by atoms with Crippen LogP contribution in [0.1, 0.15) is 19.4 Å². The molecule has 0 radical (unpaired) electrons. The molecular weight excluding hydrogens is 224 g/mol. The zero-order valence-corrected chi connectivity index (χ0v) is 11.2. The van der Waals surface area contributed by atoms with Gasteiger partial charge in [0.15, 0.2) is 11.5 Å². The normalized spacial score (nSPS) is 12.6. The molecule has 0 N–H and O–H groups in total. The minimum Gasteiger partial charge on any atom is -0.493 e. The monoisotopic (exact) mass is 242 g/mol. The molecule has 16 heavy (non-hydrogen) atoms. The van der Waals surface area contributed by atoms with Crippen LogP contribution in [0.2, 0.25) is 0 Å².